The molecule has 0 atom stereocenters. The van der Waals surface area contributed by atoms with E-state index < -0.39 is 0 Å². The number of anilines is 1. The molecule has 1 aliphatic heterocycles. The van der Waals surface area contributed by atoms with Gasteiger partial charge in [-0.25, -0.2) is 0 Å². The number of ether oxygens (including phenoxy) is 1. The van der Waals surface area contributed by atoms with Gasteiger partial charge in [-0.05, 0) is 62.1 Å². The Kier molecular flexibility index (Phi) is 4.61. The summed E-state index contributed by atoms with van der Waals surface area (Å²) < 4.78 is 10.9. The van der Waals surface area contributed by atoms with Crippen molar-refractivity contribution in [2.24, 2.45) is 0 Å². The first-order valence-electron chi connectivity index (χ1n) is 9.09. The molecular formula is C21H23N3O2. The smallest absolute Gasteiger partial charge is 0.258 e. The van der Waals surface area contributed by atoms with E-state index in [9.17, 15) is 0 Å². The molecule has 1 saturated heterocycles. The van der Waals surface area contributed by atoms with Crippen LogP contribution in [0, 0.1) is 6.92 Å². The fraction of sp³-hybridized carbons (Fsp3) is 0.333. The molecule has 2 heterocycles. The summed E-state index contributed by atoms with van der Waals surface area (Å²) >= 11 is 0. The molecule has 0 radical (unpaired) electrons. The van der Waals surface area contributed by atoms with Gasteiger partial charge >= 0.3 is 0 Å². The summed E-state index contributed by atoms with van der Waals surface area (Å²) in [6.45, 7) is 4.42. The normalized spacial score (nSPS) is 14.5. The third kappa shape index (κ3) is 3.17. The van der Waals surface area contributed by atoms with Crippen LogP contribution in [0.5, 0.6) is 5.75 Å². The first kappa shape index (κ1) is 16.6. The van der Waals surface area contributed by atoms with Crippen molar-refractivity contribution in [2.75, 3.05) is 25.1 Å². The van der Waals surface area contributed by atoms with Crippen LogP contribution in [0.2, 0.25) is 0 Å². The lowest BCUT2D eigenvalue weighted by atomic mass is 10.1. The van der Waals surface area contributed by atoms with E-state index in [2.05, 4.69) is 40.2 Å². The van der Waals surface area contributed by atoms with Gasteiger partial charge in [0.1, 0.15) is 5.75 Å². The molecule has 1 fully saturated rings. The van der Waals surface area contributed by atoms with Gasteiger partial charge in [-0.1, -0.05) is 17.3 Å². The Labute approximate surface area is 153 Å². The summed E-state index contributed by atoms with van der Waals surface area (Å²) in [4.78, 5) is 7.04. The van der Waals surface area contributed by atoms with Gasteiger partial charge in [0.15, 0.2) is 0 Å². The maximum atomic E-state index is 5.51. The highest BCUT2D eigenvalue weighted by Crippen LogP contribution is 2.31. The fourth-order valence-corrected chi connectivity index (χ4v) is 3.56. The molecule has 26 heavy (non-hydrogen) atoms. The largest absolute Gasteiger partial charge is 0.496 e. The van der Waals surface area contributed by atoms with E-state index in [0.29, 0.717) is 11.7 Å². The van der Waals surface area contributed by atoms with Crippen molar-refractivity contribution in [3.63, 3.8) is 0 Å². The van der Waals surface area contributed by atoms with E-state index in [-0.39, 0.29) is 0 Å². The molecule has 1 aromatic heterocycles. The Morgan fingerprint density at radius 2 is 1.85 bits per heavy atom. The molecule has 0 aliphatic carbocycles. The van der Waals surface area contributed by atoms with Crippen LogP contribution in [0.3, 0.4) is 0 Å². The van der Waals surface area contributed by atoms with E-state index >= 15 is 0 Å². The van der Waals surface area contributed by atoms with E-state index in [1.807, 2.05) is 24.3 Å². The molecule has 0 bridgehead atoms. The SMILES string of the molecule is COc1ccccc1-c1noc(-c2ccc(N3CCCCC3)c(C)c2)n1. The number of rotatable bonds is 4. The van der Waals surface area contributed by atoms with Crippen molar-refractivity contribution in [2.45, 2.75) is 26.2 Å². The van der Waals surface area contributed by atoms with Crippen molar-refractivity contribution in [1.82, 2.24) is 10.1 Å². The number of hydrogen-bond acceptors (Lipinski definition) is 5. The van der Waals surface area contributed by atoms with Gasteiger partial charge in [0, 0.05) is 24.3 Å². The van der Waals surface area contributed by atoms with Gasteiger partial charge in [-0.3, -0.25) is 0 Å². The molecule has 0 spiro atoms. The number of nitrogens with zero attached hydrogens (tertiary/aromatic N) is 3. The van der Waals surface area contributed by atoms with Crippen molar-refractivity contribution >= 4 is 5.69 Å². The molecule has 1 aliphatic rings. The molecule has 0 amide bonds. The van der Waals surface area contributed by atoms with E-state index in [1.54, 1.807) is 7.11 Å². The Bertz CT molecular complexity index is 898. The summed E-state index contributed by atoms with van der Waals surface area (Å²) in [5.41, 5.74) is 4.31. The van der Waals surface area contributed by atoms with Gasteiger partial charge in [-0.2, -0.15) is 4.98 Å². The van der Waals surface area contributed by atoms with Crippen LogP contribution in [0.1, 0.15) is 24.8 Å². The van der Waals surface area contributed by atoms with Gasteiger partial charge in [0.25, 0.3) is 5.89 Å². The Hall–Kier alpha value is -2.82. The van der Waals surface area contributed by atoms with E-state index in [0.717, 1.165) is 30.0 Å². The molecule has 0 saturated carbocycles. The Morgan fingerprint density at radius 3 is 2.62 bits per heavy atom. The molecule has 2 aromatic carbocycles. The zero-order valence-corrected chi connectivity index (χ0v) is 15.2. The van der Waals surface area contributed by atoms with E-state index in [4.69, 9.17) is 9.26 Å². The second-order valence-electron chi connectivity index (χ2n) is 6.67. The average Bonchev–Trinajstić information content (AvgIpc) is 3.18. The fourth-order valence-electron chi connectivity index (χ4n) is 3.56. The van der Waals surface area contributed by atoms with Crippen molar-refractivity contribution < 1.29 is 9.26 Å². The molecule has 0 unspecified atom stereocenters. The quantitative estimate of drug-likeness (QED) is 0.683. The molecule has 5 nitrogen and oxygen atoms in total. The van der Waals surface area contributed by atoms with Crippen molar-refractivity contribution in [3.8, 4) is 28.6 Å². The average molecular weight is 349 g/mol. The summed E-state index contributed by atoms with van der Waals surface area (Å²) in [6.07, 6.45) is 3.88. The predicted octanol–water partition coefficient (Wildman–Crippen LogP) is 4.71. The van der Waals surface area contributed by atoms with Crippen molar-refractivity contribution in [1.29, 1.82) is 0 Å². The second-order valence-corrected chi connectivity index (χ2v) is 6.67. The first-order valence-corrected chi connectivity index (χ1v) is 9.09. The molecule has 4 rings (SSSR count). The van der Waals surface area contributed by atoms with Gasteiger partial charge in [0.2, 0.25) is 5.82 Å². The maximum absolute atomic E-state index is 5.51. The van der Waals surface area contributed by atoms with Crippen LogP contribution in [0.4, 0.5) is 5.69 Å². The Morgan fingerprint density at radius 1 is 1.04 bits per heavy atom. The second kappa shape index (κ2) is 7.20. The summed E-state index contributed by atoms with van der Waals surface area (Å²) in [6, 6.07) is 14.0. The minimum Gasteiger partial charge on any atom is -0.496 e. The van der Waals surface area contributed by atoms with Crippen LogP contribution < -0.4 is 9.64 Å². The standard InChI is InChI=1S/C21H23N3O2/c1-15-14-16(10-11-18(15)24-12-6-3-7-13-24)21-22-20(23-26-21)17-8-4-5-9-19(17)25-2/h4-5,8-11,14H,3,6-7,12-13H2,1-2H3. The molecular weight excluding hydrogens is 326 g/mol. The van der Waals surface area contributed by atoms with Crippen LogP contribution in [0.15, 0.2) is 47.0 Å². The molecule has 5 heteroatoms. The zero-order valence-electron chi connectivity index (χ0n) is 15.2. The third-order valence-electron chi connectivity index (χ3n) is 4.91. The number of aryl methyl sites for hydroxylation is 1. The minimum absolute atomic E-state index is 0.527. The monoisotopic (exact) mass is 349 g/mol. The van der Waals surface area contributed by atoms with Gasteiger partial charge < -0.3 is 14.2 Å². The Balaban J connectivity index is 1.62. The predicted molar refractivity (Wildman–Crippen MR) is 103 cm³/mol. The molecule has 3 aromatic rings. The number of hydrogen-bond donors (Lipinski definition) is 0. The van der Waals surface area contributed by atoms with Crippen LogP contribution in [-0.2, 0) is 0 Å². The van der Waals surface area contributed by atoms with Crippen LogP contribution in [0.25, 0.3) is 22.8 Å². The highest BCUT2D eigenvalue weighted by atomic mass is 16.5. The highest BCUT2D eigenvalue weighted by Gasteiger charge is 2.17. The summed E-state index contributed by atoms with van der Waals surface area (Å²) in [5.74, 6) is 1.80. The number of para-hydroxylation sites is 1. The number of piperidine rings is 1. The lowest BCUT2D eigenvalue weighted by Gasteiger charge is -2.30. The summed E-state index contributed by atoms with van der Waals surface area (Å²) in [5, 5.41) is 4.14. The van der Waals surface area contributed by atoms with Gasteiger partial charge in [-0.15, -0.1) is 0 Å². The van der Waals surface area contributed by atoms with Gasteiger partial charge in [0.05, 0.1) is 12.7 Å². The topological polar surface area (TPSA) is 51.4 Å². The highest BCUT2D eigenvalue weighted by molar-refractivity contribution is 5.68. The van der Waals surface area contributed by atoms with Crippen molar-refractivity contribution in [3.05, 3.63) is 48.0 Å². The molecule has 0 N–H and O–H groups in total. The summed E-state index contributed by atoms with van der Waals surface area (Å²) in [7, 11) is 1.64. The third-order valence-corrected chi connectivity index (χ3v) is 4.91. The van der Waals surface area contributed by atoms with Crippen LogP contribution in [-0.4, -0.2) is 30.3 Å². The number of benzene rings is 2. The first-order chi connectivity index (χ1) is 12.8. The van der Waals surface area contributed by atoms with E-state index in [1.165, 1.54) is 30.5 Å². The van der Waals surface area contributed by atoms with Crippen LogP contribution >= 0.6 is 0 Å². The lowest BCUT2D eigenvalue weighted by Crippen LogP contribution is -2.29. The zero-order chi connectivity index (χ0) is 17.9. The maximum Gasteiger partial charge on any atom is 0.258 e. The number of aromatic nitrogens is 2. The molecule has 134 valence electrons. The number of methoxy groups -OCH3 is 1. The minimum atomic E-state index is 0.527. The lowest BCUT2D eigenvalue weighted by molar-refractivity contribution is 0.413.